The van der Waals surface area contributed by atoms with Crippen molar-refractivity contribution in [1.82, 2.24) is 5.32 Å². The van der Waals surface area contributed by atoms with Crippen molar-refractivity contribution >= 4 is 134 Å². The van der Waals surface area contributed by atoms with Gasteiger partial charge in [0.15, 0.2) is 0 Å². The van der Waals surface area contributed by atoms with Gasteiger partial charge in [0.1, 0.15) is 11.5 Å². The van der Waals surface area contributed by atoms with Gasteiger partial charge in [-0.2, -0.15) is 0 Å². The minimum absolute atomic E-state index is 0.00370. The maximum Gasteiger partial charge on any atom is 0.372 e. The Balaban J connectivity index is 0.000000164. The van der Waals surface area contributed by atoms with Crippen molar-refractivity contribution in [3.05, 3.63) is 187 Å². The number of nitro benzene ring substituents is 2. The number of non-ortho nitro benzene ring substituents is 2. The molecule has 0 unspecified atom stereocenters. The van der Waals surface area contributed by atoms with Gasteiger partial charge in [0, 0.05) is 68.9 Å². The van der Waals surface area contributed by atoms with E-state index in [9.17, 15) is 83.0 Å². The number of nitrogens with zero attached hydrogens (tertiary/aromatic N) is 2. The Bertz CT molecular complexity index is 4550. The fraction of sp³-hybridized carbons (Fsp3) is 0.308. The molecule has 3 amide bonds. The number of phosphoric ester groups is 1. The lowest BCUT2D eigenvalue weighted by Gasteiger charge is -2.32. The number of rotatable bonds is 14. The molecule has 25 nitrogen and oxygen atoms in total. The number of benzene rings is 8. The van der Waals surface area contributed by atoms with E-state index in [4.69, 9.17) is 32.2 Å². The second-order valence-corrected chi connectivity index (χ2v) is 30.9. The normalized spacial score (nSPS) is 17.8. The summed E-state index contributed by atoms with van der Waals surface area (Å²) in [6.07, 6.45) is 5.04. The molecule has 3 aliphatic rings. The molecule has 1 heterocycles. The molecule has 2 saturated carbocycles. The Labute approximate surface area is 563 Å². The van der Waals surface area contributed by atoms with Crippen LogP contribution in [0.2, 0.25) is 10.0 Å². The van der Waals surface area contributed by atoms with Crippen LogP contribution in [0.15, 0.2) is 152 Å². The van der Waals surface area contributed by atoms with Crippen molar-refractivity contribution in [2.24, 2.45) is 17.3 Å². The standard InChI is InChI=1S/C20H13O4P.C18H21NO4S.C14H17Cl2NO4S.C13H17N3O8S/c21-25(22)23-17-11-9-13-5-1-3-7-15(13)19(17)20-16-8-4-2-6-14(16)10-12-18(20)24-25;20-18(12-14-7-2-4-11-17(14)24(21,22)23)19-16-10-5-8-13-6-1-3-9-15(13)16;15-10-6-11(16)8-12(7-10)17-14(18)5-9-3-1-2-4-13(9)22(19,20)21;1-13(2,3)11(7-25(22,23)24)14-12(17)8-4-9(15(18)19)6-10(5-8)16(20)21/h1-12H,(H,21,22);1,3,5-6,8-10,14,17H,2,4,7,11-12H2,(H,19,20)(H,21,22,23);6-9,13H,1-5H2,(H,17,18)(H,19,20,21);4-6,11H,7H2,1-3H3,(H,14,17)(H,22,23,24)/p-4/t;14-,17+;9-,13+;11-/m.111/s1. The highest BCUT2D eigenvalue weighted by Gasteiger charge is 2.35. The molecule has 0 bridgehead atoms. The summed E-state index contributed by atoms with van der Waals surface area (Å²) < 4.78 is 124. The summed E-state index contributed by atoms with van der Waals surface area (Å²) in [6.45, 7) is 4.75. The molecule has 510 valence electrons. The maximum atomic E-state index is 12.4. The molecule has 8 aromatic carbocycles. The van der Waals surface area contributed by atoms with Gasteiger partial charge in [-0.15, -0.1) is 0 Å². The van der Waals surface area contributed by atoms with Crippen molar-refractivity contribution < 1.29 is 81.6 Å². The van der Waals surface area contributed by atoms with E-state index in [1.807, 2.05) is 103 Å². The van der Waals surface area contributed by atoms with Crippen molar-refractivity contribution in [2.75, 3.05) is 16.4 Å². The lowest BCUT2D eigenvalue weighted by molar-refractivity contribution is -0.394. The van der Waals surface area contributed by atoms with Crippen LogP contribution in [0.5, 0.6) is 11.5 Å². The van der Waals surface area contributed by atoms with E-state index in [0.29, 0.717) is 59.6 Å². The second-order valence-electron chi connectivity index (χ2n) is 24.2. The molecule has 11 rings (SSSR count). The number of amides is 3. The van der Waals surface area contributed by atoms with Crippen LogP contribution in [-0.4, -0.2) is 88.8 Å². The monoisotopic (exact) mass is 1430 g/mol. The molecule has 2 fully saturated rings. The number of nitro groups is 2. The van der Waals surface area contributed by atoms with E-state index in [-0.39, 0.29) is 36.2 Å². The van der Waals surface area contributed by atoms with Crippen molar-refractivity contribution in [3.63, 3.8) is 0 Å². The van der Waals surface area contributed by atoms with Gasteiger partial charge in [-0.3, -0.25) is 34.6 Å². The summed E-state index contributed by atoms with van der Waals surface area (Å²) in [4.78, 5) is 68.9. The number of nitrogens with one attached hydrogen (secondary N) is 3. The number of halogens is 2. The van der Waals surface area contributed by atoms with E-state index in [2.05, 4.69) is 16.0 Å². The van der Waals surface area contributed by atoms with Crippen LogP contribution in [0.4, 0.5) is 22.7 Å². The van der Waals surface area contributed by atoms with Gasteiger partial charge in [-0.25, -0.2) is 29.8 Å². The zero-order valence-corrected chi connectivity index (χ0v) is 56.4. The smallest absolute Gasteiger partial charge is 0.372 e. The minimum Gasteiger partial charge on any atom is -0.748 e. The van der Waals surface area contributed by atoms with Gasteiger partial charge < -0.3 is 43.5 Å². The lowest BCUT2D eigenvalue weighted by atomic mass is 9.86. The van der Waals surface area contributed by atoms with E-state index < -0.39 is 110 Å². The average Bonchev–Trinajstić information content (AvgIpc) is 1.44. The lowest BCUT2D eigenvalue weighted by Crippen LogP contribution is -2.48. The molecule has 1 aliphatic heterocycles. The summed E-state index contributed by atoms with van der Waals surface area (Å²) in [5.41, 5.74) is 0.0802. The Morgan fingerprint density at radius 3 is 1.43 bits per heavy atom. The first kappa shape index (κ1) is 73.7. The molecule has 31 heteroatoms. The third-order valence-corrected chi connectivity index (χ3v) is 21.0. The predicted molar refractivity (Wildman–Crippen MR) is 359 cm³/mol. The fourth-order valence-electron chi connectivity index (χ4n) is 11.7. The zero-order chi connectivity index (χ0) is 70.1. The van der Waals surface area contributed by atoms with Crippen LogP contribution in [0, 0.1) is 37.5 Å². The molecule has 8 aromatic rings. The van der Waals surface area contributed by atoms with Crippen molar-refractivity contribution in [3.8, 4) is 22.6 Å². The number of phosphoric acid groups is 1. The van der Waals surface area contributed by atoms with E-state index >= 15 is 0 Å². The summed E-state index contributed by atoms with van der Waals surface area (Å²) in [5.74, 6) is -2.71. The molecule has 3 N–H and O–H groups in total. The highest BCUT2D eigenvalue weighted by molar-refractivity contribution is 7.86. The molecular formula is C65H64Cl2N5O20PS3-4. The molecule has 5 atom stereocenters. The fourth-order valence-corrected chi connectivity index (χ4v) is 16.4. The van der Waals surface area contributed by atoms with Gasteiger partial charge in [-0.05, 0) is 106 Å². The Kier molecular flexibility index (Phi) is 23.7. The highest BCUT2D eigenvalue weighted by Crippen LogP contribution is 2.55. The van der Waals surface area contributed by atoms with Gasteiger partial charge in [-0.1, -0.05) is 167 Å². The largest absolute Gasteiger partial charge is 0.748 e. The molecular weight excluding hydrogens is 1370 g/mol. The number of hydrogen-bond acceptors (Lipinski definition) is 20. The van der Waals surface area contributed by atoms with Gasteiger partial charge >= 0.3 is 7.82 Å². The van der Waals surface area contributed by atoms with Crippen LogP contribution in [0.1, 0.15) is 95.3 Å². The van der Waals surface area contributed by atoms with Crippen LogP contribution in [0.3, 0.4) is 0 Å². The first-order valence-electron chi connectivity index (χ1n) is 29.9. The van der Waals surface area contributed by atoms with E-state index in [1.54, 1.807) is 51.1 Å². The first-order chi connectivity index (χ1) is 45.0. The van der Waals surface area contributed by atoms with Crippen molar-refractivity contribution in [2.45, 2.75) is 102 Å². The summed E-state index contributed by atoms with van der Waals surface area (Å²) in [7, 11) is -17.9. The SMILES string of the molecule is CC(C)(C)[C@@H](CS(=O)(=O)[O-])NC(=O)c1cc([N+](=O)[O-])cc([N+](=O)[O-])c1.O=C(C[C@H]1CCCC[C@@H]1S(=O)(=O)[O-])Nc1cc(Cl)cc(Cl)c1.O=C(C[C@H]1CCCC[C@@H]1S(=O)(=O)[O-])Nc1cccc2ccccc12.O=P1([O-])Oc2ccc3ccccc3c2-c2c(ccc3ccccc23)O1. The van der Waals surface area contributed by atoms with Gasteiger partial charge in [0.2, 0.25) is 11.8 Å². The Hall–Kier alpha value is -8.15. The maximum absolute atomic E-state index is 12.4. The van der Waals surface area contributed by atoms with Crippen LogP contribution < -0.4 is 29.9 Å². The molecule has 0 aromatic heterocycles. The van der Waals surface area contributed by atoms with Crippen molar-refractivity contribution in [1.29, 1.82) is 0 Å². The first-order valence-corrected chi connectivity index (χ1v) is 36.6. The van der Waals surface area contributed by atoms with Crippen LogP contribution >= 0.6 is 31.0 Å². The number of fused-ring (bicyclic) bond motifs is 8. The molecule has 0 saturated heterocycles. The second kappa shape index (κ2) is 30.9. The third-order valence-electron chi connectivity index (χ3n) is 16.3. The number of carbonyl (C=O) groups excluding carboxylic acids is 3. The van der Waals surface area contributed by atoms with Gasteiger partial charge in [0.25, 0.3) is 17.3 Å². The topological polar surface area (TPSA) is 404 Å². The molecule has 96 heavy (non-hydrogen) atoms. The third kappa shape index (κ3) is 20.0. The summed E-state index contributed by atoms with van der Waals surface area (Å²) in [6, 6.07) is 42.0. The summed E-state index contributed by atoms with van der Waals surface area (Å²) in [5, 5.41) is 34.2. The molecule has 2 aliphatic carbocycles. The molecule has 0 radical (unpaired) electrons. The number of carbonyl (C=O) groups is 3. The summed E-state index contributed by atoms with van der Waals surface area (Å²) >= 11 is 11.7. The predicted octanol–water partition coefficient (Wildman–Crippen LogP) is 12.8. The van der Waals surface area contributed by atoms with Crippen LogP contribution in [-0.2, 0) is 44.5 Å². The van der Waals surface area contributed by atoms with Gasteiger partial charge in [0.05, 0.1) is 68.1 Å². The van der Waals surface area contributed by atoms with E-state index in [1.165, 1.54) is 0 Å². The Morgan fingerprint density at radius 1 is 0.573 bits per heavy atom. The minimum atomic E-state index is -4.66. The quantitative estimate of drug-likeness (QED) is 0.0394. The average molecular weight is 1430 g/mol. The number of hydrogen-bond donors (Lipinski definition) is 3. The number of anilines is 2. The molecule has 0 spiro atoms. The van der Waals surface area contributed by atoms with Crippen LogP contribution in [0.25, 0.3) is 43.4 Å². The zero-order valence-electron chi connectivity index (χ0n) is 51.6. The van der Waals surface area contributed by atoms with E-state index in [0.717, 1.165) is 74.8 Å². The highest BCUT2D eigenvalue weighted by atomic mass is 35.5. The Morgan fingerprint density at radius 2 is 0.990 bits per heavy atom.